The summed E-state index contributed by atoms with van der Waals surface area (Å²) in [4.78, 5) is 0. The Morgan fingerprint density at radius 2 is 1.56 bits per heavy atom. The Morgan fingerprint density at radius 1 is 1.22 bits per heavy atom. The van der Waals surface area contributed by atoms with Gasteiger partial charge in [-0.3, -0.25) is 5.32 Å². The fraction of sp³-hybridized carbons (Fsp3) is 1.00. The highest BCUT2D eigenvalue weighted by atomic mass is 35.5. The van der Waals surface area contributed by atoms with Crippen molar-refractivity contribution in [2.24, 2.45) is 0 Å². The van der Waals surface area contributed by atoms with E-state index < -0.39 is 0 Å². The molecule has 0 saturated carbocycles. The molecule has 1 atom stereocenters. The van der Waals surface area contributed by atoms with Crippen LogP contribution in [0.4, 0.5) is 0 Å². The van der Waals surface area contributed by atoms with Crippen molar-refractivity contribution in [3.63, 3.8) is 0 Å². The van der Waals surface area contributed by atoms with E-state index in [-0.39, 0.29) is 12.4 Å². The highest BCUT2D eigenvalue weighted by molar-refractivity contribution is 4.36. The van der Waals surface area contributed by atoms with Crippen LogP contribution >= 0.6 is 0 Å². The van der Waals surface area contributed by atoms with Gasteiger partial charge in [-0.25, -0.2) is 0 Å². The van der Waals surface area contributed by atoms with Crippen molar-refractivity contribution in [3.05, 3.63) is 0 Å². The summed E-state index contributed by atoms with van der Waals surface area (Å²) in [6.45, 7) is 2.17. The molecular formula is C6H17ClN2. The molecule has 0 rings (SSSR count). The number of nitrogens with zero attached hydrogens (tertiary/aromatic N) is 1. The molecule has 0 aliphatic heterocycles. The zero-order valence-corrected chi connectivity index (χ0v) is 7.66. The predicted octanol–water partition coefficient (Wildman–Crippen LogP) is -2.74. The summed E-state index contributed by atoms with van der Waals surface area (Å²) < 4.78 is 0.969. The summed E-state index contributed by atoms with van der Waals surface area (Å²) in [5, 5.41) is 3.18. The van der Waals surface area contributed by atoms with E-state index >= 15 is 0 Å². The maximum absolute atomic E-state index is 3.18. The lowest BCUT2D eigenvalue weighted by atomic mass is 10.4. The largest absolute Gasteiger partial charge is 1.00 e. The lowest BCUT2D eigenvalue weighted by Crippen LogP contribution is -3.00. The van der Waals surface area contributed by atoms with Gasteiger partial charge in [-0.1, -0.05) is 0 Å². The van der Waals surface area contributed by atoms with E-state index in [1.54, 1.807) is 0 Å². The fourth-order valence-electron chi connectivity index (χ4n) is 0.387. The van der Waals surface area contributed by atoms with Gasteiger partial charge in [-0.15, -0.1) is 0 Å². The van der Waals surface area contributed by atoms with Crippen LogP contribution < -0.4 is 17.7 Å². The molecule has 0 fully saturated rings. The van der Waals surface area contributed by atoms with E-state index in [9.17, 15) is 0 Å². The van der Waals surface area contributed by atoms with Gasteiger partial charge >= 0.3 is 0 Å². The first-order valence-electron chi connectivity index (χ1n) is 2.97. The van der Waals surface area contributed by atoms with Gasteiger partial charge < -0.3 is 16.9 Å². The Kier molecular flexibility index (Phi) is 5.43. The van der Waals surface area contributed by atoms with Crippen molar-refractivity contribution in [1.82, 2.24) is 5.32 Å². The summed E-state index contributed by atoms with van der Waals surface area (Å²) in [7, 11) is 8.48. The molecule has 0 aliphatic carbocycles. The lowest BCUT2D eigenvalue weighted by molar-refractivity contribution is -0.897. The zero-order valence-electron chi connectivity index (χ0n) is 6.90. The fourth-order valence-corrected chi connectivity index (χ4v) is 0.387. The SMILES string of the molecule is CNC(C)[N+](C)(C)C.[Cl-]. The van der Waals surface area contributed by atoms with E-state index in [0.29, 0.717) is 6.17 Å². The summed E-state index contributed by atoms with van der Waals surface area (Å²) >= 11 is 0. The second kappa shape index (κ2) is 4.09. The molecule has 3 heteroatoms. The average Bonchev–Trinajstić information content (AvgIpc) is 1.62. The van der Waals surface area contributed by atoms with Crippen LogP contribution in [-0.2, 0) is 0 Å². The number of hydrogen-bond acceptors (Lipinski definition) is 1. The summed E-state index contributed by atoms with van der Waals surface area (Å²) in [6, 6.07) is 0. The Balaban J connectivity index is 0. The first-order chi connectivity index (χ1) is 3.48. The molecule has 0 spiro atoms. The molecule has 0 aromatic carbocycles. The maximum atomic E-state index is 3.18. The molecular weight excluding hydrogens is 136 g/mol. The van der Waals surface area contributed by atoms with Crippen LogP contribution in [0.3, 0.4) is 0 Å². The van der Waals surface area contributed by atoms with Crippen LogP contribution in [0.2, 0.25) is 0 Å². The van der Waals surface area contributed by atoms with E-state index in [4.69, 9.17) is 0 Å². The highest BCUT2D eigenvalue weighted by Gasteiger charge is 2.14. The van der Waals surface area contributed by atoms with E-state index in [0.717, 1.165) is 4.48 Å². The van der Waals surface area contributed by atoms with Crippen molar-refractivity contribution in [3.8, 4) is 0 Å². The molecule has 0 aromatic heterocycles. The number of halogens is 1. The van der Waals surface area contributed by atoms with Gasteiger partial charge in [0.25, 0.3) is 0 Å². The molecule has 0 amide bonds. The first-order valence-corrected chi connectivity index (χ1v) is 2.97. The monoisotopic (exact) mass is 152 g/mol. The van der Waals surface area contributed by atoms with Crippen molar-refractivity contribution < 1.29 is 16.9 Å². The second-order valence-corrected chi connectivity index (χ2v) is 3.08. The van der Waals surface area contributed by atoms with Crippen molar-refractivity contribution in [2.45, 2.75) is 13.1 Å². The van der Waals surface area contributed by atoms with Crippen LogP contribution in [-0.4, -0.2) is 38.8 Å². The van der Waals surface area contributed by atoms with E-state index in [2.05, 4.69) is 33.4 Å². The Bertz CT molecular complexity index is 67.9. The number of rotatable bonds is 2. The van der Waals surface area contributed by atoms with Crippen molar-refractivity contribution >= 4 is 0 Å². The lowest BCUT2D eigenvalue weighted by Gasteiger charge is -2.30. The molecule has 1 unspecified atom stereocenters. The van der Waals surface area contributed by atoms with Crippen LogP contribution in [0, 0.1) is 0 Å². The van der Waals surface area contributed by atoms with Crippen LogP contribution in [0.1, 0.15) is 6.92 Å². The topological polar surface area (TPSA) is 12.0 Å². The van der Waals surface area contributed by atoms with Gasteiger partial charge in [-0.2, -0.15) is 0 Å². The summed E-state index contributed by atoms with van der Waals surface area (Å²) in [5.41, 5.74) is 0. The molecule has 0 heterocycles. The number of hydrogen-bond donors (Lipinski definition) is 1. The van der Waals surface area contributed by atoms with Gasteiger partial charge in [0.1, 0.15) is 6.17 Å². The van der Waals surface area contributed by atoms with Gasteiger partial charge in [0, 0.05) is 6.92 Å². The first kappa shape index (κ1) is 11.9. The maximum Gasteiger partial charge on any atom is 0.139 e. The molecule has 2 nitrogen and oxygen atoms in total. The third kappa shape index (κ3) is 4.70. The van der Waals surface area contributed by atoms with Crippen molar-refractivity contribution in [2.75, 3.05) is 28.2 Å². The van der Waals surface area contributed by atoms with E-state index in [1.807, 2.05) is 7.05 Å². The smallest absolute Gasteiger partial charge is 0.139 e. The molecule has 9 heavy (non-hydrogen) atoms. The standard InChI is InChI=1S/C6H17N2.ClH/c1-6(7-2)8(3,4)5;/h6-7H,1-5H3;1H/q+1;/p-1. The Hall–Kier alpha value is 0.210. The minimum absolute atomic E-state index is 0. The quantitative estimate of drug-likeness (QED) is 0.335. The predicted molar refractivity (Wildman–Crippen MR) is 36.6 cm³/mol. The highest BCUT2D eigenvalue weighted by Crippen LogP contribution is 1.95. The average molecular weight is 153 g/mol. The van der Waals surface area contributed by atoms with Gasteiger partial charge in [0.15, 0.2) is 0 Å². The van der Waals surface area contributed by atoms with Crippen LogP contribution in [0.15, 0.2) is 0 Å². The Morgan fingerprint density at radius 3 is 1.56 bits per heavy atom. The third-order valence-corrected chi connectivity index (χ3v) is 1.58. The summed E-state index contributed by atoms with van der Waals surface area (Å²) in [6.07, 6.45) is 0.537. The second-order valence-electron chi connectivity index (χ2n) is 3.08. The van der Waals surface area contributed by atoms with Crippen LogP contribution in [0.5, 0.6) is 0 Å². The summed E-state index contributed by atoms with van der Waals surface area (Å²) in [5.74, 6) is 0. The van der Waals surface area contributed by atoms with Crippen molar-refractivity contribution in [1.29, 1.82) is 0 Å². The minimum atomic E-state index is 0. The molecule has 1 N–H and O–H groups in total. The number of quaternary nitrogens is 1. The van der Waals surface area contributed by atoms with E-state index in [1.165, 1.54) is 0 Å². The number of nitrogens with one attached hydrogen (secondary N) is 1. The normalized spacial score (nSPS) is 14.3. The molecule has 0 bridgehead atoms. The third-order valence-electron chi connectivity index (χ3n) is 1.58. The van der Waals surface area contributed by atoms with Gasteiger partial charge in [0.2, 0.25) is 0 Å². The minimum Gasteiger partial charge on any atom is -1.00 e. The molecule has 0 saturated heterocycles. The Labute approximate surface area is 64.2 Å². The molecule has 0 aromatic rings. The van der Waals surface area contributed by atoms with Gasteiger partial charge in [-0.05, 0) is 7.05 Å². The molecule has 0 aliphatic rings. The van der Waals surface area contributed by atoms with Gasteiger partial charge in [0.05, 0.1) is 21.1 Å². The molecule has 0 radical (unpaired) electrons. The zero-order chi connectivity index (χ0) is 6.78. The van der Waals surface area contributed by atoms with Crippen LogP contribution in [0.25, 0.3) is 0 Å². The molecule has 58 valence electrons.